The molecule has 0 bridgehead atoms. The Hall–Kier alpha value is -3.54. The molecule has 1 amide bonds. The van der Waals surface area contributed by atoms with Crippen LogP contribution in [0.1, 0.15) is 28.8 Å². The van der Waals surface area contributed by atoms with E-state index in [1.807, 2.05) is 48.5 Å². The molecule has 3 aromatic carbocycles. The number of hydrazone groups is 1. The molecule has 1 heterocycles. The fourth-order valence-electron chi connectivity index (χ4n) is 3.76. The topological polar surface area (TPSA) is 63.2 Å². The van der Waals surface area contributed by atoms with Crippen molar-refractivity contribution in [3.63, 3.8) is 0 Å². The molecule has 1 aliphatic rings. The molecule has 6 nitrogen and oxygen atoms in total. The molecular weight excluding hydrogens is 378 g/mol. The molecule has 154 valence electrons. The van der Waals surface area contributed by atoms with Crippen molar-refractivity contribution in [2.24, 2.45) is 5.10 Å². The standard InChI is InChI=1S/C24H25N3O3/c1-29-22-15-20(27-11-5-6-12-27)10-9-19(22)16-25-26-24(28)21-13-17-7-3-4-8-18(17)14-23(21)30-2/h3-4,7-10,13-16H,5-6,11-12H2,1-2H3,(H,26,28)/b25-16-. The smallest absolute Gasteiger partial charge is 0.275 e. The number of carbonyl (C=O) groups excluding carboxylic acids is 1. The van der Waals surface area contributed by atoms with Crippen molar-refractivity contribution in [1.82, 2.24) is 5.43 Å². The molecule has 0 atom stereocenters. The van der Waals surface area contributed by atoms with Gasteiger partial charge in [-0.15, -0.1) is 0 Å². The lowest BCUT2D eigenvalue weighted by Gasteiger charge is -2.18. The maximum absolute atomic E-state index is 12.7. The van der Waals surface area contributed by atoms with E-state index in [0.29, 0.717) is 11.3 Å². The number of hydrogen-bond donors (Lipinski definition) is 1. The first-order valence-electron chi connectivity index (χ1n) is 10.0. The fraction of sp³-hybridized carbons (Fsp3) is 0.250. The SMILES string of the molecule is COc1cc(N2CCCC2)ccc1/C=N\NC(=O)c1cc2ccccc2cc1OC. The Morgan fingerprint density at radius 2 is 1.67 bits per heavy atom. The lowest BCUT2D eigenvalue weighted by molar-refractivity contribution is 0.0952. The number of nitrogens with zero attached hydrogens (tertiary/aromatic N) is 2. The highest BCUT2D eigenvalue weighted by atomic mass is 16.5. The van der Waals surface area contributed by atoms with Crippen molar-refractivity contribution in [2.75, 3.05) is 32.2 Å². The van der Waals surface area contributed by atoms with Crippen LogP contribution in [0.25, 0.3) is 10.8 Å². The number of hydrogen-bond acceptors (Lipinski definition) is 5. The number of benzene rings is 3. The average Bonchev–Trinajstić information content (AvgIpc) is 3.33. The predicted molar refractivity (Wildman–Crippen MR) is 120 cm³/mol. The van der Waals surface area contributed by atoms with Gasteiger partial charge < -0.3 is 14.4 Å². The van der Waals surface area contributed by atoms with Crippen LogP contribution in [0.15, 0.2) is 59.7 Å². The van der Waals surface area contributed by atoms with Gasteiger partial charge in [0.1, 0.15) is 11.5 Å². The first-order chi connectivity index (χ1) is 14.7. The van der Waals surface area contributed by atoms with E-state index in [2.05, 4.69) is 21.5 Å². The number of methoxy groups -OCH3 is 2. The first-order valence-corrected chi connectivity index (χ1v) is 10.0. The van der Waals surface area contributed by atoms with E-state index in [-0.39, 0.29) is 5.91 Å². The van der Waals surface area contributed by atoms with E-state index in [1.165, 1.54) is 12.8 Å². The van der Waals surface area contributed by atoms with Crippen LogP contribution in [0.3, 0.4) is 0 Å². The lowest BCUT2D eigenvalue weighted by atomic mass is 10.1. The van der Waals surface area contributed by atoms with Crippen molar-refractivity contribution in [3.05, 3.63) is 65.7 Å². The number of ether oxygens (including phenoxy) is 2. The summed E-state index contributed by atoms with van der Waals surface area (Å²) in [6, 6.07) is 17.5. The molecule has 0 radical (unpaired) electrons. The van der Waals surface area contributed by atoms with Gasteiger partial charge in [0.2, 0.25) is 0 Å². The van der Waals surface area contributed by atoms with Crippen LogP contribution >= 0.6 is 0 Å². The fourth-order valence-corrected chi connectivity index (χ4v) is 3.76. The third kappa shape index (κ3) is 4.08. The van der Waals surface area contributed by atoms with Crippen LogP contribution in [-0.2, 0) is 0 Å². The summed E-state index contributed by atoms with van der Waals surface area (Å²) in [7, 11) is 3.19. The number of anilines is 1. The molecular formula is C24H25N3O3. The summed E-state index contributed by atoms with van der Waals surface area (Å²) in [5.74, 6) is 0.899. The van der Waals surface area contributed by atoms with Gasteiger partial charge >= 0.3 is 0 Å². The van der Waals surface area contributed by atoms with Crippen molar-refractivity contribution in [3.8, 4) is 11.5 Å². The van der Waals surface area contributed by atoms with E-state index >= 15 is 0 Å². The number of carbonyl (C=O) groups is 1. The molecule has 1 saturated heterocycles. The molecule has 0 unspecified atom stereocenters. The maximum atomic E-state index is 12.7. The minimum Gasteiger partial charge on any atom is -0.496 e. The van der Waals surface area contributed by atoms with Crippen LogP contribution in [-0.4, -0.2) is 39.4 Å². The predicted octanol–water partition coefficient (Wildman–Crippen LogP) is 4.22. The molecule has 1 N–H and O–H groups in total. The van der Waals surface area contributed by atoms with Crippen LogP contribution in [0.4, 0.5) is 5.69 Å². The summed E-state index contributed by atoms with van der Waals surface area (Å²) in [5.41, 5.74) is 4.97. The lowest BCUT2D eigenvalue weighted by Crippen LogP contribution is -2.19. The number of amides is 1. The third-order valence-electron chi connectivity index (χ3n) is 5.37. The zero-order chi connectivity index (χ0) is 20.9. The maximum Gasteiger partial charge on any atom is 0.275 e. The van der Waals surface area contributed by atoms with Crippen LogP contribution < -0.4 is 19.8 Å². The summed E-state index contributed by atoms with van der Waals surface area (Å²) in [4.78, 5) is 15.0. The van der Waals surface area contributed by atoms with Crippen molar-refractivity contribution in [2.45, 2.75) is 12.8 Å². The summed E-state index contributed by atoms with van der Waals surface area (Å²) < 4.78 is 10.9. The van der Waals surface area contributed by atoms with E-state index in [9.17, 15) is 4.79 Å². The Kier molecular flexibility index (Phi) is 5.84. The molecule has 0 aromatic heterocycles. The molecule has 0 aliphatic carbocycles. The van der Waals surface area contributed by atoms with Gasteiger partial charge in [-0.2, -0.15) is 5.10 Å². The number of fused-ring (bicyclic) bond motifs is 1. The van der Waals surface area contributed by atoms with Gasteiger partial charge in [-0.05, 0) is 47.9 Å². The Morgan fingerprint density at radius 3 is 2.37 bits per heavy atom. The molecule has 1 aliphatic heterocycles. The number of nitrogens with one attached hydrogen (secondary N) is 1. The van der Waals surface area contributed by atoms with Crippen LogP contribution in [0.5, 0.6) is 11.5 Å². The van der Waals surface area contributed by atoms with Gasteiger partial charge in [-0.3, -0.25) is 4.79 Å². The second-order valence-electron chi connectivity index (χ2n) is 7.22. The van der Waals surface area contributed by atoms with Crippen molar-refractivity contribution < 1.29 is 14.3 Å². The van der Waals surface area contributed by atoms with Crippen LogP contribution in [0, 0.1) is 0 Å². The molecule has 1 fully saturated rings. The second-order valence-corrected chi connectivity index (χ2v) is 7.22. The Labute approximate surface area is 176 Å². The van der Waals surface area contributed by atoms with Gasteiger partial charge in [0.25, 0.3) is 5.91 Å². The van der Waals surface area contributed by atoms with E-state index < -0.39 is 0 Å². The van der Waals surface area contributed by atoms with Crippen molar-refractivity contribution in [1.29, 1.82) is 0 Å². The Balaban J connectivity index is 1.51. The highest BCUT2D eigenvalue weighted by molar-refractivity contribution is 6.02. The summed E-state index contributed by atoms with van der Waals surface area (Å²) >= 11 is 0. The highest BCUT2D eigenvalue weighted by Crippen LogP contribution is 2.28. The Morgan fingerprint density at radius 1 is 0.967 bits per heavy atom. The molecule has 3 aromatic rings. The largest absolute Gasteiger partial charge is 0.496 e. The average molecular weight is 403 g/mol. The summed E-state index contributed by atoms with van der Waals surface area (Å²) in [6.45, 7) is 2.14. The normalized spacial score (nSPS) is 13.7. The van der Waals surface area contributed by atoms with Gasteiger partial charge in [-0.25, -0.2) is 5.43 Å². The van der Waals surface area contributed by atoms with Gasteiger partial charge in [0.05, 0.1) is 26.0 Å². The molecule has 30 heavy (non-hydrogen) atoms. The molecule has 4 rings (SSSR count). The molecule has 6 heteroatoms. The summed E-state index contributed by atoms with van der Waals surface area (Å²) in [6.07, 6.45) is 4.03. The minimum absolute atomic E-state index is 0.332. The van der Waals surface area contributed by atoms with Gasteiger partial charge in [0, 0.05) is 30.4 Å². The van der Waals surface area contributed by atoms with E-state index in [0.717, 1.165) is 40.9 Å². The van der Waals surface area contributed by atoms with E-state index in [4.69, 9.17) is 9.47 Å². The molecule has 0 spiro atoms. The summed E-state index contributed by atoms with van der Waals surface area (Å²) in [5, 5.41) is 6.11. The minimum atomic E-state index is -0.332. The van der Waals surface area contributed by atoms with Crippen LogP contribution in [0.2, 0.25) is 0 Å². The monoisotopic (exact) mass is 403 g/mol. The van der Waals surface area contributed by atoms with E-state index in [1.54, 1.807) is 20.4 Å². The quantitative estimate of drug-likeness (QED) is 0.494. The van der Waals surface area contributed by atoms with Crippen molar-refractivity contribution >= 4 is 28.6 Å². The number of rotatable bonds is 6. The zero-order valence-electron chi connectivity index (χ0n) is 17.2. The second kappa shape index (κ2) is 8.86. The Bertz CT molecular complexity index is 1090. The zero-order valence-corrected chi connectivity index (χ0v) is 17.2. The third-order valence-corrected chi connectivity index (χ3v) is 5.37. The highest BCUT2D eigenvalue weighted by Gasteiger charge is 2.15. The molecule has 0 saturated carbocycles. The van der Waals surface area contributed by atoms with Gasteiger partial charge in [-0.1, -0.05) is 24.3 Å². The first kappa shape index (κ1) is 19.8. The van der Waals surface area contributed by atoms with Gasteiger partial charge in [0.15, 0.2) is 0 Å².